The molecule has 1 aliphatic carbocycles. The van der Waals surface area contributed by atoms with Crippen LogP contribution in [0.4, 0.5) is 0 Å². The predicted octanol–water partition coefficient (Wildman–Crippen LogP) is 4.37. The highest BCUT2D eigenvalue weighted by Crippen LogP contribution is 2.30. The summed E-state index contributed by atoms with van der Waals surface area (Å²) in [6, 6.07) is 0.792. The van der Waals surface area contributed by atoms with Gasteiger partial charge in [0.1, 0.15) is 0 Å². The van der Waals surface area contributed by atoms with Gasteiger partial charge < -0.3 is 5.32 Å². The van der Waals surface area contributed by atoms with Crippen LogP contribution in [-0.4, -0.2) is 12.6 Å². The molecule has 1 heteroatoms. The van der Waals surface area contributed by atoms with Gasteiger partial charge in [-0.2, -0.15) is 0 Å². The molecule has 0 spiro atoms. The Morgan fingerprint density at radius 2 is 1.75 bits per heavy atom. The minimum atomic E-state index is 0.792. The Kier molecular flexibility index (Phi) is 7.11. The molecule has 1 aliphatic rings. The van der Waals surface area contributed by atoms with E-state index in [0.717, 1.165) is 17.9 Å². The first-order valence-electron chi connectivity index (χ1n) is 7.53. The van der Waals surface area contributed by atoms with Crippen molar-refractivity contribution in [2.24, 2.45) is 11.8 Å². The fourth-order valence-electron chi connectivity index (χ4n) is 3.27. The number of hydrogen-bond donors (Lipinski definition) is 1. The molecule has 0 heterocycles. The second-order valence-electron chi connectivity index (χ2n) is 5.64. The van der Waals surface area contributed by atoms with Crippen molar-refractivity contribution in [1.82, 2.24) is 5.32 Å². The third-order valence-corrected chi connectivity index (χ3v) is 4.14. The topological polar surface area (TPSA) is 12.0 Å². The second-order valence-corrected chi connectivity index (χ2v) is 5.64. The number of hydrogen-bond acceptors (Lipinski definition) is 1. The van der Waals surface area contributed by atoms with E-state index in [1.54, 1.807) is 0 Å². The van der Waals surface area contributed by atoms with Gasteiger partial charge in [-0.25, -0.2) is 0 Å². The maximum Gasteiger partial charge on any atom is 0.0121 e. The fourth-order valence-corrected chi connectivity index (χ4v) is 3.27. The van der Waals surface area contributed by atoms with Crippen LogP contribution in [0, 0.1) is 11.8 Å². The molecule has 0 radical (unpaired) electrons. The zero-order chi connectivity index (χ0) is 11.8. The minimum absolute atomic E-state index is 0.792. The molecule has 0 aromatic carbocycles. The molecule has 2 unspecified atom stereocenters. The molecule has 1 rings (SSSR count). The summed E-state index contributed by atoms with van der Waals surface area (Å²) in [6.07, 6.45) is 11.3. The van der Waals surface area contributed by atoms with Gasteiger partial charge in [0, 0.05) is 6.04 Å². The van der Waals surface area contributed by atoms with Crippen LogP contribution >= 0.6 is 0 Å². The smallest absolute Gasteiger partial charge is 0.0121 e. The first-order chi connectivity index (χ1) is 7.79. The summed E-state index contributed by atoms with van der Waals surface area (Å²) in [7, 11) is 0. The Hall–Kier alpha value is -0.0400. The molecular weight excluding hydrogens is 194 g/mol. The first kappa shape index (κ1) is 14.0. The van der Waals surface area contributed by atoms with Crippen molar-refractivity contribution in [3.63, 3.8) is 0 Å². The molecule has 0 aliphatic heterocycles. The van der Waals surface area contributed by atoms with Crippen LogP contribution in [0.15, 0.2) is 0 Å². The van der Waals surface area contributed by atoms with Gasteiger partial charge in [-0.05, 0) is 44.1 Å². The third-order valence-electron chi connectivity index (χ3n) is 4.14. The van der Waals surface area contributed by atoms with Crippen molar-refractivity contribution in [2.45, 2.75) is 78.2 Å². The maximum absolute atomic E-state index is 3.82. The molecule has 16 heavy (non-hydrogen) atoms. The molecular formula is C15H31N. The summed E-state index contributed by atoms with van der Waals surface area (Å²) in [5.74, 6) is 1.82. The van der Waals surface area contributed by atoms with E-state index in [4.69, 9.17) is 0 Å². The lowest BCUT2D eigenvalue weighted by atomic mass is 9.78. The van der Waals surface area contributed by atoms with Gasteiger partial charge in [0.05, 0.1) is 0 Å². The van der Waals surface area contributed by atoms with Crippen LogP contribution in [0.25, 0.3) is 0 Å². The molecule has 1 fully saturated rings. The molecule has 0 aromatic rings. The monoisotopic (exact) mass is 225 g/mol. The minimum Gasteiger partial charge on any atom is -0.313 e. The lowest BCUT2D eigenvalue weighted by Crippen LogP contribution is -2.42. The van der Waals surface area contributed by atoms with Gasteiger partial charge in [0.2, 0.25) is 0 Å². The van der Waals surface area contributed by atoms with Crippen molar-refractivity contribution >= 4 is 0 Å². The highest BCUT2D eigenvalue weighted by Gasteiger charge is 2.26. The molecule has 1 saturated carbocycles. The summed E-state index contributed by atoms with van der Waals surface area (Å²) in [5, 5.41) is 3.82. The van der Waals surface area contributed by atoms with Crippen LogP contribution < -0.4 is 5.32 Å². The molecule has 1 N–H and O–H groups in total. The summed E-state index contributed by atoms with van der Waals surface area (Å²) >= 11 is 0. The maximum atomic E-state index is 3.82. The standard InChI is InChI=1S/C15H31N/c1-4-9-13(3)15(16-12-5-2)14-10-7-6-8-11-14/h13-16H,4-12H2,1-3H3. The molecule has 0 aromatic heterocycles. The van der Waals surface area contributed by atoms with Crippen LogP contribution in [-0.2, 0) is 0 Å². The summed E-state index contributed by atoms with van der Waals surface area (Å²) < 4.78 is 0. The number of nitrogens with one attached hydrogen (secondary N) is 1. The third kappa shape index (κ3) is 4.45. The molecule has 0 bridgehead atoms. The van der Waals surface area contributed by atoms with Crippen molar-refractivity contribution in [3.8, 4) is 0 Å². The predicted molar refractivity (Wildman–Crippen MR) is 72.7 cm³/mol. The van der Waals surface area contributed by atoms with Gasteiger partial charge in [-0.3, -0.25) is 0 Å². The Labute approximate surface area is 102 Å². The molecule has 0 saturated heterocycles. The fraction of sp³-hybridized carbons (Fsp3) is 1.00. The van der Waals surface area contributed by atoms with Crippen LogP contribution in [0.3, 0.4) is 0 Å². The van der Waals surface area contributed by atoms with E-state index >= 15 is 0 Å². The normalized spacial score (nSPS) is 21.9. The van der Waals surface area contributed by atoms with Crippen LogP contribution in [0.2, 0.25) is 0 Å². The average molecular weight is 225 g/mol. The van der Waals surface area contributed by atoms with Crippen LogP contribution in [0.5, 0.6) is 0 Å². The Morgan fingerprint density at radius 1 is 1.06 bits per heavy atom. The van der Waals surface area contributed by atoms with Gasteiger partial charge >= 0.3 is 0 Å². The largest absolute Gasteiger partial charge is 0.313 e. The van der Waals surface area contributed by atoms with E-state index in [-0.39, 0.29) is 0 Å². The lowest BCUT2D eigenvalue weighted by Gasteiger charge is -2.35. The zero-order valence-electron chi connectivity index (χ0n) is 11.6. The highest BCUT2D eigenvalue weighted by atomic mass is 14.9. The molecule has 2 atom stereocenters. The van der Waals surface area contributed by atoms with Crippen molar-refractivity contribution in [1.29, 1.82) is 0 Å². The van der Waals surface area contributed by atoms with E-state index in [1.165, 1.54) is 57.9 Å². The first-order valence-corrected chi connectivity index (χ1v) is 7.53. The molecule has 96 valence electrons. The Bertz CT molecular complexity index is 161. The molecule has 1 nitrogen and oxygen atoms in total. The number of rotatable bonds is 7. The van der Waals surface area contributed by atoms with Gasteiger partial charge in [0.15, 0.2) is 0 Å². The van der Waals surface area contributed by atoms with E-state index in [0.29, 0.717) is 0 Å². The van der Waals surface area contributed by atoms with E-state index < -0.39 is 0 Å². The summed E-state index contributed by atoms with van der Waals surface area (Å²) in [4.78, 5) is 0. The Balaban J connectivity index is 2.46. The van der Waals surface area contributed by atoms with Gasteiger partial charge in [-0.1, -0.05) is 46.5 Å². The average Bonchev–Trinajstić information content (AvgIpc) is 2.31. The zero-order valence-corrected chi connectivity index (χ0v) is 11.6. The van der Waals surface area contributed by atoms with Crippen molar-refractivity contribution in [3.05, 3.63) is 0 Å². The second kappa shape index (κ2) is 8.11. The van der Waals surface area contributed by atoms with E-state index in [9.17, 15) is 0 Å². The van der Waals surface area contributed by atoms with Gasteiger partial charge in [-0.15, -0.1) is 0 Å². The quantitative estimate of drug-likeness (QED) is 0.678. The lowest BCUT2D eigenvalue weighted by molar-refractivity contribution is 0.207. The van der Waals surface area contributed by atoms with E-state index in [2.05, 4.69) is 26.1 Å². The molecule has 0 amide bonds. The Morgan fingerprint density at radius 3 is 2.31 bits per heavy atom. The highest BCUT2D eigenvalue weighted by molar-refractivity contribution is 4.83. The van der Waals surface area contributed by atoms with Crippen molar-refractivity contribution < 1.29 is 0 Å². The van der Waals surface area contributed by atoms with E-state index in [1.807, 2.05) is 0 Å². The van der Waals surface area contributed by atoms with Gasteiger partial charge in [0.25, 0.3) is 0 Å². The summed E-state index contributed by atoms with van der Waals surface area (Å²) in [6.45, 7) is 8.24. The summed E-state index contributed by atoms with van der Waals surface area (Å²) in [5.41, 5.74) is 0. The SMILES string of the molecule is CCCNC(C(C)CCC)C1CCCCC1. The van der Waals surface area contributed by atoms with Crippen molar-refractivity contribution in [2.75, 3.05) is 6.54 Å². The van der Waals surface area contributed by atoms with Crippen LogP contribution in [0.1, 0.15) is 72.1 Å².